The van der Waals surface area contributed by atoms with Crippen LogP contribution in [0.3, 0.4) is 0 Å². The van der Waals surface area contributed by atoms with Crippen LogP contribution in [0.1, 0.15) is 26.3 Å². The van der Waals surface area contributed by atoms with Crippen molar-refractivity contribution in [3.63, 3.8) is 0 Å². The first-order valence-electron chi connectivity index (χ1n) is 14.8. The zero-order valence-corrected chi connectivity index (χ0v) is 25.1. The minimum Gasteiger partial charge on any atom is -0.310 e. The molecule has 3 nitrogen and oxygen atoms in total. The summed E-state index contributed by atoms with van der Waals surface area (Å²) >= 11 is 1.92. The maximum atomic E-state index is 4.49. The number of pyridine rings is 2. The summed E-state index contributed by atoms with van der Waals surface area (Å²) in [6.45, 7) is 7.12. The number of fused-ring (bicyclic) bond motifs is 7. The van der Waals surface area contributed by atoms with Crippen molar-refractivity contribution in [2.45, 2.75) is 36.0 Å². The van der Waals surface area contributed by atoms with Gasteiger partial charge in [-0.2, -0.15) is 0 Å². The highest BCUT2D eigenvalue weighted by Crippen LogP contribution is 2.42. The van der Waals surface area contributed by atoms with Crippen LogP contribution in [-0.4, -0.2) is 21.2 Å². The molecule has 0 bridgehead atoms. The molecule has 3 aromatic heterocycles. The lowest BCUT2D eigenvalue weighted by molar-refractivity contribution is 0.588. The molecule has 9 rings (SSSR count). The van der Waals surface area contributed by atoms with Crippen LogP contribution in [0.2, 0.25) is 0 Å². The summed E-state index contributed by atoms with van der Waals surface area (Å²) in [7, 11) is 0. The Kier molecular flexibility index (Phi) is 5.19. The molecule has 0 fully saturated rings. The predicted molar refractivity (Wildman–Crippen MR) is 181 cm³/mol. The van der Waals surface area contributed by atoms with E-state index in [2.05, 4.69) is 114 Å². The van der Waals surface area contributed by atoms with Crippen molar-refractivity contribution in [1.82, 2.24) is 14.5 Å². The Labute approximate surface area is 255 Å². The minimum absolute atomic E-state index is 0.0263. The topological polar surface area (TPSA) is 30.7 Å². The van der Waals surface area contributed by atoms with Crippen LogP contribution < -0.4 is 16.4 Å². The second-order valence-corrected chi connectivity index (χ2v) is 13.8. The number of aromatic nitrogens is 3. The van der Waals surface area contributed by atoms with Gasteiger partial charge in [0.25, 0.3) is 0 Å². The molecule has 0 spiro atoms. The van der Waals surface area contributed by atoms with Crippen LogP contribution in [0.5, 0.6) is 0 Å². The first-order chi connectivity index (χ1) is 21.0. The van der Waals surface area contributed by atoms with Gasteiger partial charge in [0, 0.05) is 62.1 Å². The highest BCUT2D eigenvalue weighted by atomic mass is 32.2. The van der Waals surface area contributed by atoms with Crippen LogP contribution in [0.25, 0.3) is 49.7 Å². The van der Waals surface area contributed by atoms with Crippen molar-refractivity contribution >= 4 is 56.7 Å². The Morgan fingerprint density at radius 2 is 1.40 bits per heavy atom. The van der Waals surface area contributed by atoms with Crippen LogP contribution >= 0.6 is 11.8 Å². The van der Waals surface area contributed by atoms with E-state index in [-0.39, 0.29) is 12.1 Å². The van der Waals surface area contributed by atoms with Crippen molar-refractivity contribution < 1.29 is 0 Å². The number of hydrogen-bond donors (Lipinski definition) is 0. The van der Waals surface area contributed by atoms with Crippen LogP contribution in [0.15, 0.2) is 126 Å². The number of nitrogens with zero attached hydrogens (tertiary/aromatic N) is 3. The average Bonchev–Trinajstić information content (AvgIpc) is 3.37. The van der Waals surface area contributed by atoms with E-state index in [0.717, 1.165) is 11.1 Å². The molecule has 0 amide bonds. The van der Waals surface area contributed by atoms with Crippen LogP contribution in [0.4, 0.5) is 0 Å². The summed E-state index contributed by atoms with van der Waals surface area (Å²) < 4.78 is 2.55. The van der Waals surface area contributed by atoms with Gasteiger partial charge in [-0.1, -0.05) is 80.5 Å². The van der Waals surface area contributed by atoms with Crippen LogP contribution in [0, 0.1) is 0 Å². The van der Waals surface area contributed by atoms with Crippen molar-refractivity contribution in [1.29, 1.82) is 0 Å². The molecule has 0 radical (unpaired) electrons. The third-order valence-electron chi connectivity index (χ3n) is 9.16. The Balaban J connectivity index is 1.46. The molecule has 0 unspecified atom stereocenters. The molecule has 5 heteroatoms. The summed E-state index contributed by atoms with van der Waals surface area (Å²) in [6, 6.07) is 34.0. The SMILES string of the molecule is CC(C)(C)c1cc2c3c(c1)-n1c4ccc(-c5cccnc5)cc4c4cc(-c5cccnc5)cc(c41)B3c1ccccc1S2. The molecule has 2 aliphatic rings. The highest BCUT2D eigenvalue weighted by molar-refractivity contribution is 8.00. The Morgan fingerprint density at radius 1 is 0.651 bits per heavy atom. The monoisotopic (exact) mass is 569 g/mol. The zero-order chi connectivity index (χ0) is 28.9. The third-order valence-corrected chi connectivity index (χ3v) is 10.3. The third kappa shape index (κ3) is 3.64. The molecular formula is C38H28BN3S. The van der Waals surface area contributed by atoms with Gasteiger partial charge in [-0.3, -0.25) is 9.97 Å². The van der Waals surface area contributed by atoms with Gasteiger partial charge in [0.15, 0.2) is 0 Å². The Morgan fingerprint density at radius 3 is 2.14 bits per heavy atom. The predicted octanol–water partition coefficient (Wildman–Crippen LogP) is 7.50. The summed E-state index contributed by atoms with van der Waals surface area (Å²) in [6.07, 6.45) is 7.62. The maximum absolute atomic E-state index is 4.49. The number of benzene rings is 4. The lowest BCUT2D eigenvalue weighted by Gasteiger charge is -2.35. The van der Waals surface area contributed by atoms with Gasteiger partial charge in [-0.05, 0) is 87.1 Å². The molecule has 204 valence electrons. The molecule has 7 aromatic rings. The van der Waals surface area contributed by atoms with E-state index in [1.165, 1.54) is 70.4 Å². The van der Waals surface area contributed by atoms with E-state index in [4.69, 9.17) is 0 Å². The molecule has 4 aromatic carbocycles. The smallest absolute Gasteiger partial charge is 0.249 e. The van der Waals surface area contributed by atoms with E-state index in [9.17, 15) is 0 Å². The van der Waals surface area contributed by atoms with E-state index >= 15 is 0 Å². The zero-order valence-electron chi connectivity index (χ0n) is 24.3. The van der Waals surface area contributed by atoms with Gasteiger partial charge in [0.05, 0.1) is 5.52 Å². The van der Waals surface area contributed by atoms with Gasteiger partial charge < -0.3 is 4.57 Å². The first-order valence-corrected chi connectivity index (χ1v) is 15.7. The summed E-state index contributed by atoms with van der Waals surface area (Å²) in [5, 5.41) is 2.54. The molecule has 5 heterocycles. The Bertz CT molecular complexity index is 2250. The van der Waals surface area contributed by atoms with Gasteiger partial charge in [0.1, 0.15) is 0 Å². The van der Waals surface area contributed by atoms with Crippen molar-refractivity contribution in [2.75, 3.05) is 0 Å². The molecule has 0 aliphatic carbocycles. The average molecular weight is 570 g/mol. The van der Waals surface area contributed by atoms with Crippen molar-refractivity contribution in [3.05, 3.63) is 121 Å². The lowest BCUT2D eigenvalue weighted by Crippen LogP contribution is -2.58. The fourth-order valence-electron chi connectivity index (χ4n) is 7.08. The van der Waals surface area contributed by atoms with Gasteiger partial charge in [-0.15, -0.1) is 0 Å². The summed E-state index contributed by atoms with van der Waals surface area (Å²) in [5.41, 5.74) is 14.1. The van der Waals surface area contributed by atoms with E-state index in [0.29, 0.717) is 0 Å². The standard InChI is InChI=1S/C38H28BN3S/c1-38(2,3)27-19-33-36-35(20-27)43-34-11-5-4-10-30(34)39(36)31-18-26(25-9-7-15-41-22-25)17-29-28-16-23(24-8-6-14-40-21-24)12-13-32(28)42(33)37(29)31/h4-22H,1-3H3. The van der Waals surface area contributed by atoms with E-state index in [1.54, 1.807) is 0 Å². The maximum Gasteiger partial charge on any atom is 0.249 e. The molecule has 2 aliphatic heterocycles. The fourth-order valence-corrected chi connectivity index (χ4v) is 8.28. The van der Waals surface area contributed by atoms with Gasteiger partial charge in [0.2, 0.25) is 6.71 Å². The highest BCUT2D eigenvalue weighted by Gasteiger charge is 2.40. The van der Waals surface area contributed by atoms with Gasteiger partial charge in [-0.25, -0.2) is 0 Å². The number of hydrogen-bond acceptors (Lipinski definition) is 3. The van der Waals surface area contributed by atoms with Gasteiger partial charge >= 0.3 is 0 Å². The van der Waals surface area contributed by atoms with Crippen molar-refractivity contribution in [3.8, 4) is 27.9 Å². The molecule has 0 N–H and O–H groups in total. The molecule has 0 saturated carbocycles. The van der Waals surface area contributed by atoms with Crippen molar-refractivity contribution in [2.24, 2.45) is 0 Å². The molecule has 43 heavy (non-hydrogen) atoms. The molecular weight excluding hydrogens is 541 g/mol. The van der Waals surface area contributed by atoms with Crippen LogP contribution in [-0.2, 0) is 5.41 Å². The molecule has 0 atom stereocenters. The summed E-state index contributed by atoms with van der Waals surface area (Å²) in [5.74, 6) is 0. The normalized spacial score (nSPS) is 13.3. The largest absolute Gasteiger partial charge is 0.310 e. The fraction of sp³-hybridized carbons (Fsp3) is 0.105. The summed E-state index contributed by atoms with van der Waals surface area (Å²) in [4.78, 5) is 11.6. The quantitative estimate of drug-likeness (QED) is 0.202. The van der Waals surface area contributed by atoms with E-state index < -0.39 is 0 Å². The Hall–Kier alpha value is -4.61. The second-order valence-electron chi connectivity index (χ2n) is 12.7. The number of rotatable bonds is 2. The molecule has 0 saturated heterocycles. The second kappa shape index (κ2) is 8.95. The minimum atomic E-state index is 0.0263. The lowest BCUT2D eigenvalue weighted by atomic mass is 9.35. The van der Waals surface area contributed by atoms with E-state index in [1.807, 2.05) is 48.7 Å². The first kappa shape index (κ1) is 24.9.